The van der Waals surface area contributed by atoms with Crippen molar-refractivity contribution in [3.63, 3.8) is 0 Å². The minimum Gasteiger partial charge on any atom is -0.462 e. The predicted molar refractivity (Wildman–Crippen MR) is 233 cm³/mol. The summed E-state index contributed by atoms with van der Waals surface area (Å²) in [4.78, 5) is 11.6. The summed E-state index contributed by atoms with van der Waals surface area (Å²) >= 11 is 3.64. The first-order valence-electron chi connectivity index (χ1n) is 23.6. The first kappa shape index (κ1) is 42.0. The molecule has 2 unspecified atom stereocenters. The van der Waals surface area contributed by atoms with Crippen LogP contribution in [0.25, 0.3) is 0 Å². The lowest BCUT2D eigenvalue weighted by Gasteiger charge is -2.59. The summed E-state index contributed by atoms with van der Waals surface area (Å²) in [5, 5.41) is 1.18. The molecule has 55 heavy (non-hydrogen) atoms. The molecule has 306 valence electrons. The van der Waals surface area contributed by atoms with Crippen molar-refractivity contribution in [1.82, 2.24) is 0 Å². The number of rotatable bonds is 10. The van der Waals surface area contributed by atoms with Crippen LogP contribution in [0, 0.1) is 116 Å². The van der Waals surface area contributed by atoms with Crippen molar-refractivity contribution < 1.29 is 9.53 Å². The summed E-state index contributed by atoms with van der Waals surface area (Å²) in [6, 6.07) is 0. The molecule has 2 nitrogen and oxygen atoms in total. The highest BCUT2D eigenvalue weighted by Crippen LogP contribution is 2.69. The van der Waals surface area contributed by atoms with Crippen LogP contribution in [0.15, 0.2) is 12.2 Å². The Labute approximate surface area is 347 Å². The van der Waals surface area contributed by atoms with E-state index in [1.165, 1.54) is 114 Å². The summed E-state index contributed by atoms with van der Waals surface area (Å²) in [6.45, 7) is 21.5. The van der Waals surface area contributed by atoms with Gasteiger partial charge in [-0.3, -0.25) is 0 Å². The van der Waals surface area contributed by atoms with Crippen LogP contribution in [-0.4, -0.2) is 17.9 Å². The second kappa shape index (κ2) is 16.8. The van der Waals surface area contributed by atoms with Gasteiger partial charge in [-0.05, 0) is 202 Å². The molecule has 3 heteroatoms. The fourth-order valence-corrected chi connectivity index (χ4v) is 17.0. The minimum absolute atomic E-state index is 0.245. The molecular weight excluding hydrogens is 736 g/mol. The van der Waals surface area contributed by atoms with E-state index in [9.17, 15) is 4.79 Å². The largest absolute Gasteiger partial charge is 0.462 e. The fourth-order valence-electron chi connectivity index (χ4n) is 16.6. The number of carbonyl (C=O) groups excluding carboxylic acids is 1. The third kappa shape index (κ3) is 7.61. The Balaban J connectivity index is 0.000000172. The molecule has 6 saturated carbocycles. The molecule has 0 amide bonds. The van der Waals surface area contributed by atoms with E-state index in [1.54, 1.807) is 6.92 Å². The molecule has 0 aliphatic heterocycles. The number of hydrogen-bond acceptors (Lipinski definition) is 2. The Bertz CT molecular complexity index is 1520. The van der Waals surface area contributed by atoms with Crippen molar-refractivity contribution in [2.45, 2.75) is 177 Å². The summed E-state index contributed by atoms with van der Waals surface area (Å²) in [6.07, 6.45) is 27.1. The van der Waals surface area contributed by atoms with Crippen LogP contribution in [-0.2, 0) is 9.53 Å². The number of alkyl halides is 1. The quantitative estimate of drug-likeness (QED) is 0.0722. The average molecular weight is 816 g/mol. The Hall–Kier alpha value is -1.19. The molecule has 0 N–H and O–H groups in total. The summed E-state index contributed by atoms with van der Waals surface area (Å²) in [5.74, 6) is 24.6. The SMILES string of the molecule is C=C(C)C(=O)OCCC[C@@H](C)[C@H]1CC[C@H]2[C@@H]3CCC4CC#CC[C@]4(C)[C@H]3CC[C@]12C.C[C@H](CCCBr)[C@H]1CC[C@H]2[C@@H]3CCC4CC#CC[C@]4(C)[C@H]3CC[C@]12C. The van der Waals surface area contributed by atoms with Crippen LogP contribution < -0.4 is 0 Å². The van der Waals surface area contributed by atoms with E-state index >= 15 is 0 Å². The highest BCUT2D eigenvalue weighted by molar-refractivity contribution is 9.09. The maximum Gasteiger partial charge on any atom is 0.333 e. The molecule has 0 saturated heterocycles. The van der Waals surface area contributed by atoms with Gasteiger partial charge in [0.25, 0.3) is 0 Å². The number of ether oxygens (including phenoxy) is 1. The molecule has 8 aliphatic rings. The van der Waals surface area contributed by atoms with Crippen LogP contribution in [0.3, 0.4) is 0 Å². The van der Waals surface area contributed by atoms with Crippen molar-refractivity contribution in [3.05, 3.63) is 12.2 Å². The van der Waals surface area contributed by atoms with Gasteiger partial charge < -0.3 is 4.74 Å². The molecule has 6 fully saturated rings. The van der Waals surface area contributed by atoms with Gasteiger partial charge in [0.15, 0.2) is 0 Å². The van der Waals surface area contributed by atoms with Gasteiger partial charge in [0.1, 0.15) is 0 Å². The van der Waals surface area contributed by atoms with E-state index in [4.69, 9.17) is 4.74 Å². The van der Waals surface area contributed by atoms with Gasteiger partial charge in [0.2, 0.25) is 0 Å². The summed E-state index contributed by atoms with van der Waals surface area (Å²) in [7, 11) is 0. The minimum atomic E-state index is -0.245. The van der Waals surface area contributed by atoms with Gasteiger partial charge in [0, 0.05) is 36.6 Å². The predicted octanol–water partition coefficient (Wildman–Crippen LogP) is 13.9. The lowest BCUT2D eigenvalue weighted by Crippen LogP contribution is -2.52. The van der Waals surface area contributed by atoms with Gasteiger partial charge in [0.05, 0.1) is 6.61 Å². The van der Waals surface area contributed by atoms with E-state index in [-0.39, 0.29) is 5.97 Å². The van der Waals surface area contributed by atoms with Gasteiger partial charge in [-0.1, -0.05) is 64.1 Å². The lowest BCUT2D eigenvalue weighted by molar-refractivity contribution is -0.139. The first-order chi connectivity index (χ1) is 26.3. The standard InChI is InChI=1S/C28H42O2.C24H37Br/c1-19(2)26(29)30-18-8-9-20(3)23-13-14-24-22-12-11-21-10-6-7-16-27(21,4)25(22)15-17-28(23,24)5;1-17(7-6-16-25)20-11-12-21-19-10-9-18-8-4-5-14-23(18,2)22(19)13-15-24(20,21)3/h20-25H,1,8-18H2,2-5H3;17-22H,6-16H2,1-3H3/t20-,21?,22+,23-,24+,25+,27+,28-;17-,18?,19+,20-,21+,22+,23+,24-/m11/s1. The number of halogens is 1. The topological polar surface area (TPSA) is 26.3 Å². The number of esters is 1. The Morgan fingerprint density at radius 3 is 1.56 bits per heavy atom. The molecule has 0 aromatic carbocycles. The van der Waals surface area contributed by atoms with Gasteiger partial charge in [-0.25, -0.2) is 4.79 Å². The van der Waals surface area contributed by atoms with Crippen LogP contribution in [0.5, 0.6) is 0 Å². The highest BCUT2D eigenvalue weighted by Gasteiger charge is 2.61. The van der Waals surface area contributed by atoms with Crippen LogP contribution in [0.1, 0.15) is 177 Å². The molecule has 16 atom stereocenters. The third-order valence-corrected chi connectivity index (χ3v) is 20.3. The zero-order valence-corrected chi connectivity index (χ0v) is 38.0. The Kier molecular flexibility index (Phi) is 12.8. The smallest absolute Gasteiger partial charge is 0.333 e. The number of hydrogen-bond donors (Lipinski definition) is 0. The Morgan fingerprint density at radius 1 is 0.655 bits per heavy atom. The summed E-state index contributed by atoms with van der Waals surface area (Å²) in [5.41, 5.74) is 2.66. The van der Waals surface area contributed by atoms with E-state index in [2.05, 4.69) is 87.7 Å². The van der Waals surface area contributed by atoms with Crippen LogP contribution >= 0.6 is 15.9 Å². The average Bonchev–Trinajstić information content (AvgIpc) is 3.72. The van der Waals surface area contributed by atoms with Crippen LogP contribution in [0.4, 0.5) is 0 Å². The monoisotopic (exact) mass is 815 g/mol. The van der Waals surface area contributed by atoms with Gasteiger partial charge in [-0.2, -0.15) is 0 Å². The van der Waals surface area contributed by atoms with E-state index in [0.29, 0.717) is 39.8 Å². The molecule has 0 aromatic rings. The maximum atomic E-state index is 11.6. The van der Waals surface area contributed by atoms with Crippen molar-refractivity contribution in [1.29, 1.82) is 0 Å². The normalized spacial score (nSPS) is 45.7. The number of carbonyl (C=O) groups is 1. The van der Waals surface area contributed by atoms with Gasteiger partial charge in [-0.15, -0.1) is 23.7 Å². The molecule has 8 aliphatic carbocycles. The first-order valence-corrected chi connectivity index (χ1v) is 24.7. The number of fused-ring (bicyclic) bond motifs is 10. The van der Waals surface area contributed by atoms with E-state index in [1.807, 2.05) is 0 Å². The second-order valence-electron chi connectivity index (χ2n) is 22.1. The van der Waals surface area contributed by atoms with Crippen molar-refractivity contribution in [3.8, 4) is 23.7 Å². The van der Waals surface area contributed by atoms with Crippen molar-refractivity contribution in [2.75, 3.05) is 11.9 Å². The highest BCUT2D eigenvalue weighted by atomic mass is 79.9. The fraction of sp³-hybridized carbons (Fsp3) is 0.865. The van der Waals surface area contributed by atoms with E-state index in [0.717, 1.165) is 84.4 Å². The van der Waals surface area contributed by atoms with E-state index < -0.39 is 0 Å². The Morgan fingerprint density at radius 2 is 1.11 bits per heavy atom. The molecule has 0 bridgehead atoms. The van der Waals surface area contributed by atoms with Crippen LogP contribution in [0.2, 0.25) is 0 Å². The molecule has 0 heterocycles. The summed E-state index contributed by atoms with van der Waals surface area (Å²) < 4.78 is 5.33. The maximum absolute atomic E-state index is 11.6. The lowest BCUT2D eigenvalue weighted by atomic mass is 9.45. The van der Waals surface area contributed by atoms with Crippen molar-refractivity contribution >= 4 is 21.9 Å². The van der Waals surface area contributed by atoms with Crippen molar-refractivity contribution in [2.24, 2.45) is 92.7 Å². The zero-order valence-electron chi connectivity index (χ0n) is 36.4. The molecule has 0 spiro atoms. The molecule has 8 rings (SSSR count). The zero-order chi connectivity index (χ0) is 39.2. The molecule has 0 radical (unpaired) electrons. The molecular formula is C52H79BrO2. The molecule has 0 aromatic heterocycles. The third-order valence-electron chi connectivity index (χ3n) is 19.7. The van der Waals surface area contributed by atoms with Gasteiger partial charge >= 0.3 is 5.97 Å². The second-order valence-corrected chi connectivity index (χ2v) is 22.9.